The maximum atomic E-state index is 11.4. The third-order valence-electron chi connectivity index (χ3n) is 2.02. The summed E-state index contributed by atoms with van der Waals surface area (Å²) < 4.78 is 5.23. The lowest BCUT2D eigenvalue weighted by Crippen LogP contribution is -2.49. The van der Waals surface area contributed by atoms with Gasteiger partial charge < -0.3 is 15.0 Å². The largest absolute Gasteiger partial charge is 0.377 e. The third-order valence-corrected chi connectivity index (χ3v) is 2.02. The van der Waals surface area contributed by atoms with Crippen molar-refractivity contribution in [3.8, 4) is 0 Å². The zero-order chi connectivity index (χ0) is 8.97. The van der Waals surface area contributed by atoms with Crippen LogP contribution in [0.15, 0.2) is 0 Å². The van der Waals surface area contributed by atoms with Crippen LogP contribution in [0, 0.1) is 0 Å². The highest BCUT2D eigenvalue weighted by molar-refractivity contribution is 5.78. The van der Waals surface area contributed by atoms with Crippen molar-refractivity contribution in [3.05, 3.63) is 0 Å². The molecule has 0 aliphatic carbocycles. The van der Waals surface area contributed by atoms with Crippen molar-refractivity contribution in [1.29, 1.82) is 0 Å². The normalized spacial score (nSPS) is 24.2. The molecule has 1 heterocycles. The van der Waals surface area contributed by atoms with Crippen molar-refractivity contribution in [2.24, 2.45) is 0 Å². The number of hydrogen-bond donors (Lipinski definition) is 1. The van der Waals surface area contributed by atoms with Gasteiger partial charge in [0.1, 0.15) is 0 Å². The molecule has 4 nitrogen and oxygen atoms in total. The van der Waals surface area contributed by atoms with Crippen LogP contribution >= 0.6 is 0 Å². The van der Waals surface area contributed by atoms with Crippen LogP contribution in [-0.2, 0) is 9.53 Å². The average Bonchev–Trinajstić information content (AvgIpc) is 2.05. The minimum atomic E-state index is 0.160. The number of carbonyl (C=O) groups is 1. The SMILES string of the molecule is CNCC(=O)N1CCOC[C@H]1C. The molecule has 1 aliphatic rings. The van der Waals surface area contributed by atoms with Crippen LogP contribution in [0.25, 0.3) is 0 Å². The van der Waals surface area contributed by atoms with E-state index in [1.54, 1.807) is 7.05 Å². The Morgan fingerprint density at radius 3 is 3.08 bits per heavy atom. The van der Waals surface area contributed by atoms with Crippen LogP contribution in [0.4, 0.5) is 0 Å². The highest BCUT2D eigenvalue weighted by atomic mass is 16.5. The van der Waals surface area contributed by atoms with Gasteiger partial charge in [-0.1, -0.05) is 0 Å². The van der Waals surface area contributed by atoms with Crippen molar-refractivity contribution < 1.29 is 9.53 Å². The molecule has 1 atom stereocenters. The predicted molar refractivity (Wildman–Crippen MR) is 45.9 cm³/mol. The first-order valence-corrected chi connectivity index (χ1v) is 4.27. The molecule has 1 rings (SSSR count). The molecule has 1 N–H and O–H groups in total. The van der Waals surface area contributed by atoms with Crippen LogP contribution in [0.3, 0.4) is 0 Å². The fourth-order valence-electron chi connectivity index (χ4n) is 1.35. The maximum Gasteiger partial charge on any atom is 0.236 e. The number of nitrogens with one attached hydrogen (secondary N) is 1. The van der Waals surface area contributed by atoms with Gasteiger partial charge in [-0.25, -0.2) is 0 Å². The molecule has 1 fully saturated rings. The number of carbonyl (C=O) groups excluding carboxylic acids is 1. The summed E-state index contributed by atoms with van der Waals surface area (Å²) in [7, 11) is 1.78. The van der Waals surface area contributed by atoms with Gasteiger partial charge in [-0.15, -0.1) is 0 Å². The summed E-state index contributed by atoms with van der Waals surface area (Å²) in [5.74, 6) is 0.160. The fourth-order valence-corrected chi connectivity index (χ4v) is 1.35. The number of rotatable bonds is 2. The molecule has 0 aromatic carbocycles. The Bertz CT molecular complexity index is 161. The van der Waals surface area contributed by atoms with Gasteiger partial charge in [0.25, 0.3) is 0 Å². The Kier molecular flexibility index (Phi) is 3.49. The maximum absolute atomic E-state index is 11.4. The Morgan fingerprint density at radius 2 is 2.50 bits per heavy atom. The van der Waals surface area contributed by atoms with Gasteiger partial charge in [-0.2, -0.15) is 0 Å². The molecule has 1 aliphatic heterocycles. The van der Waals surface area contributed by atoms with Crippen LogP contribution in [0.1, 0.15) is 6.92 Å². The van der Waals surface area contributed by atoms with Crippen molar-refractivity contribution in [2.45, 2.75) is 13.0 Å². The lowest BCUT2D eigenvalue weighted by atomic mass is 10.2. The molecule has 1 saturated heterocycles. The molecule has 1 amide bonds. The molecule has 0 saturated carbocycles. The van der Waals surface area contributed by atoms with E-state index >= 15 is 0 Å². The van der Waals surface area contributed by atoms with Gasteiger partial charge in [0.2, 0.25) is 5.91 Å². The molecule has 12 heavy (non-hydrogen) atoms. The van der Waals surface area contributed by atoms with Crippen LogP contribution in [-0.4, -0.2) is 50.2 Å². The second-order valence-electron chi connectivity index (χ2n) is 3.04. The second kappa shape index (κ2) is 4.42. The Balaban J connectivity index is 2.42. The Morgan fingerprint density at radius 1 is 1.75 bits per heavy atom. The van der Waals surface area contributed by atoms with Crippen molar-refractivity contribution in [3.63, 3.8) is 0 Å². The first-order valence-electron chi connectivity index (χ1n) is 4.27. The van der Waals surface area contributed by atoms with Gasteiger partial charge in [-0.05, 0) is 14.0 Å². The van der Waals surface area contributed by atoms with Crippen LogP contribution in [0.2, 0.25) is 0 Å². The van der Waals surface area contributed by atoms with E-state index in [4.69, 9.17) is 4.74 Å². The topological polar surface area (TPSA) is 41.6 Å². The van der Waals surface area contributed by atoms with Gasteiger partial charge in [-0.3, -0.25) is 4.79 Å². The zero-order valence-corrected chi connectivity index (χ0v) is 7.67. The number of amides is 1. The Labute approximate surface area is 72.9 Å². The summed E-state index contributed by atoms with van der Waals surface area (Å²) in [6.45, 7) is 4.48. The van der Waals surface area contributed by atoms with E-state index in [1.165, 1.54) is 0 Å². The van der Waals surface area contributed by atoms with E-state index in [1.807, 2.05) is 11.8 Å². The highest BCUT2D eigenvalue weighted by Gasteiger charge is 2.22. The van der Waals surface area contributed by atoms with E-state index in [0.29, 0.717) is 19.8 Å². The summed E-state index contributed by atoms with van der Waals surface area (Å²) in [4.78, 5) is 13.3. The molecular weight excluding hydrogens is 156 g/mol. The molecule has 0 spiro atoms. The summed E-state index contributed by atoms with van der Waals surface area (Å²) in [6, 6.07) is 0.222. The molecule has 70 valence electrons. The van der Waals surface area contributed by atoms with Crippen LogP contribution in [0.5, 0.6) is 0 Å². The first-order chi connectivity index (χ1) is 5.75. The standard InChI is InChI=1S/C8H16N2O2/c1-7-6-12-4-3-10(7)8(11)5-9-2/h7,9H,3-6H2,1-2H3/t7-/m1/s1. The monoisotopic (exact) mass is 172 g/mol. The zero-order valence-electron chi connectivity index (χ0n) is 7.67. The van der Waals surface area contributed by atoms with E-state index in [2.05, 4.69) is 5.32 Å². The molecule has 0 unspecified atom stereocenters. The summed E-state index contributed by atoms with van der Waals surface area (Å²) in [6.07, 6.45) is 0. The molecule has 0 aromatic rings. The molecular formula is C8H16N2O2. The van der Waals surface area contributed by atoms with Crippen molar-refractivity contribution >= 4 is 5.91 Å². The number of ether oxygens (including phenoxy) is 1. The predicted octanol–water partition coefficient (Wildman–Crippen LogP) is -0.547. The van der Waals surface area contributed by atoms with Gasteiger partial charge in [0.05, 0.1) is 25.8 Å². The Hall–Kier alpha value is -0.610. The van der Waals surface area contributed by atoms with E-state index in [0.717, 1.165) is 6.54 Å². The highest BCUT2D eigenvalue weighted by Crippen LogP contribution is 2.05. The lowest BCUT2D eigenvalue weighted by molar-refractivity contribution is -0.137. The van der Waals surface area contributed by atoms with Gasteiger partial charge >= 0.3 is 0 Å². The first kappa shape index (κ1) is 9.48. The minimum Gasteiger partial charge on any atom is -0.377 e. The second-order valence-corrected chi connectivity index (χ2v) is 3.04. The summed E-state index contributed by atoms with van der Waals surface area (Å²) in [5.41, 5.74) is 0. The molecule has 0 bridgehead atoms. The molecule has 4 heteroatoms. The van der Waals surface area contributed by atoms with Crippen molar-refractivity contribution in [2.75, 3.05) is 33.4 Å². The lowest BCUT2D eigenvalue weighted by Gasteiger charge is -2.33. The average molecular weight is 172 g/mol. The molecule has 0 radical (unpaired) electrons. The van der Waals surface area contributed by atoms with Gasteiger partial charge in [0, 0.05) is 6.54 Å². The summed E-state index contributed by atoms with van der Waals surface area (Å²) >= 11 is 0. The number of morpholine rings is 1. The van der Waals surface area contributed by atoms with E-state index < -0.39 is 0 Å². The minimum absolute atomic E-state index is 0.160. The quantitative estimate of drug-likeness (QED) is 0.608. The number of likely N-dealkylation sites (N-methyl/N-ethyl adjacent to an activating group) is 1. The molecule has 0 aromatic heterocycles. The van der Waals surface area contributed by atoms with Gasteiger partial charge in [0.15, 0.2) is 0 Å². The summed E-state index contributed by atoms with van der Waals surface area (Å²) in [5, 5.41) is 2.85. The van der Waals surface area contributed by atoms with E-state index in [-0.39, 0.29) is 11.9 Å². The number of hydrogen-bond acceptors (Lipinski definition) is 3. The third kappa shape index (κ3) is 2.19. The smallest absolute Gasteiger partial charge is 0.236 e. The van der Waals surface area contributed by atoms with Crippen LogP contribution < -0.4 is 5.32 Å². The fraction of sp³-hybridized carbons (Fsp3) is 0.875. The van der Waals surface area contributed by atoms with E-state index in [9.17, 15) is 4.79 Å². The van der Waals surface area contributed by atoms with Crippen molar-refractivity contribution in [1.82, 2.24) is 10.2 Å². The number of nitrogens with zero attached hydrogens (tertiary/aromatic N) is 1.